The number of nitrogens with zero attached hydrogens (tertiary/aromatic N) is 2. The van der Waals surface area contributed by atoms with E-state index in [1.165, 1.54) is 5.56 Å². The van der Waals surface area contributed by atoms with E-state index in [1.54, 1.807) is 0 Å². The Labute approximate surface area is 95.9 Å². The molecule has 1 aromatic heterocycles. The highest BCUT2D eigenvalue weighted by Crippen LogP contribution is 2.18. The van der Waals surface area contributed by atoms with E-state index in [-0.39, 0.29) is 18.8 Å². The second kappa shape index (κ2) is 4.80. The van der Waals surface area contributed by atoms with Gasteiger partial charge in [-0.25, -0.2) is 4.98 Å². The Balaban J connectivity index is 2.14. The standard InChI is InChI=1S/C12H18N2O2/c1-9-3-4-13-12(5-9)14-6-10(2)16-11(7-14)8-15/h3-5,10-11,15H,6-8H2,1-2H3. The Kier molecular flexibility index (Phi) is 3.41. The number of morpholine rings is 1. The minimum atomic E-state index is -0.105. The van der Waals surface area contributed by atoms with Crippen molar-refractivity contribution in [2.75, 3.05) is 24.6 Å². The van der Waals surface area contributed by atoms with Crippen LogP contribution in [0.1, 0.15) is 12.5 Å². The third-order valence-electron chi connectivity index (χ3n) is 2.75. The lowest BCUT2D eigenvalue weighted by molar-refractivity contribution is -0.0423. The highest BCUT2D eigenvalue weighted by atomic mass is 16.5. The molecule has 2 heterocycles. The molecule has 0 radical (unpaired) electrons. The van der Waals surface area contributed by atoms with Gasteiger partial charge in [0.05, 0.1) is 18.8 Å². The summed E-state index contributed by atoms with van der Waals surface area (Å²) < 4.78 is 5.60. The van der Waals surface area contributed by atoms with Crippen LogP contribution in [0.3, 0.4) is 0 Å². The van der Waals surface area contributed by atoms with Crippen LogP contribution in [-0.2, 0) is 4.74 Å². The van der Waals surface area contributed by atoms with Gasteiger partial charge in [-0.3, -0.25) is 0 Å². The molecule has 0 amide bonds. The minimum absolute atomic E-state index is 0.0622. The van der Waals surface area contributed by atoms with Gasteiger partial charge in [0.25, 0.3) is 0 Å². The number of hydrogen-bond acceptors (Lipinski definition) is 4. The first-order valence-electron chi connectivity index (χ1n) is 5.63. The maximum atomic E-state index is 9.16. The quantitative estimate of drug-likeness (QED) is 0.810. The molecule has 0 saturated carbocycles. The zero-order valence-corrected chi connectivity index (χ0v) is 9.76. The van der Waals surface area contributed by atoms with Gasteiger partial charge in [0.1, 0.15) is 5.82 Å². The fourth-order valence-electron chi connectivity index (χ4n) is 2.03. The monoisotopic (exact) mass is 222 g/mol. The van der Waals surface area contributed by atoms with Gasteiger partial charge in [-0.05, 0) is 31.5 Å². The van der Waals surface area contributed by atoms with Crippen LogP contribution in [0.4, 0.5) is 5.82 Å². The Bertz CT molecular complexity index is 357. The van der Waals surface area contributed by atoms with Crippen molar-refractivity contribution in [3.63, 3.8) is 0 Å². The van der Waals surface area contributed by atoms with Gasteiger partial charge in [-0.2, -0.15) is 0 Å². The average Bonchev–Trinajstić information content (AvgIpc) is 2.28. The van der Waals surface area contributed by atoms with Crippen LogP contribution in [0.5, 0.6) is 0 Å². The van der Waals surface area contributed by atoms with Crippen molar-refractivity contribution in [2.45, 2.75) is 26.1 Å². The van der Waals surface area contributed by atoms with Crippen molar-refractivity contribution in [1.29, 1.82) is 0 Å². The van der Waals surface area contributed by atoms with E-state index < -0.39 is 0 Å². The molecule has 1 aliphatic heterocycles. The molecule has 0 spiro atoms. The molecule has 4 heteroatoms. The highest BCUT2D eigenvalue weighted by Gasteiger charge is 2.25. The molecule has 2 unspecified atom stereocenters. The van der Waals surface area contributed by atoms with Crippen molar-refractivity contribution < 1.29 is 9.84 Å². The summed E-state index contributed by atoms with van der Waals surface area (Å²) in [4.78, 5) is 6.52. The number of anilines is 1. The zero-order chi connectivity index (χ0) is 11.5. The molecule has 1 saturated heterocycles. The van der Waals surface area contributed by atoms with E-state index in [1.807, 2.05) is 19.2 Å². The van der Waals surface area contributed by atoms with E-state index >= 15 is 0 Å². The van der Waals surface area contributed by atoms with E-state index in [2.05, 4.69) is 22.9 Å². The number of aryl methyl sites for hydroxylation is 1. The van der Waals surface area contributed by atoms with Gasteiger partial charge in [-0.15, -0.1) is 0 Å². The van der Waals surface area contributed by atoms with Crippen LogP contribution < -0.4 is 4.90 Å². The maximum absolute atomic E-state index is 9.16. The summed E-state index contributed by atoms with van der Waals surface area (Å²) in [7, 11) is 0. The number of aromatic nitrogens is 1. The van der Waals surface area contributed by atoms with Crippen molar-refractivity contribution in [3.8, 4) is 0 Å². The summed E-state index contributed by atoms with van der Waals surface area (Å²) in [5.41, 5.74) is 1.20. The third-order valence-corrected chi connectivity index (χ3v) is 2.75. The summed E-state index contributed by atoms with van der Waals surface area (Å²) in [5.74, 6) is 0.966. The lowest BCUT2D eigenvalue weighted by Gasteiger charge is -2.36. The molecule has 1 N–H and O–H groups in total. The predicted molar refractivity (Wildman–Crippen MR) is 62.6 cm³/mol. The molecule has 88 valence electrons. The second-order valence-corrected chi connectivity index (χ2v) is 4.35. The first-order chi connectivity index (χ1) is 7.69. The van der Waals surface area contributed by atoms with Gasteiger partial charge in [0, 0.05) is 19.3 Å². The first kappa shape index (κ1) is 11.4. The summed E-state index contributed by atoms with van der Waals surface area (Å²) in [6, 6.07) is 4.05. The second-order valence-electron chi connectivity index (χ2n) is 4.35. The molecule has 16 heavy (non-hydrogen) atoms. The van der Waals surface area contributed by atoms with Crippen LogP contribution in [0.2, 0.25) is 0 Å². The highest BCUT2D eigenvalue weighted by molar-refractivity contribution is 5.41. The SMILES string of the molecule is Cc1ccnc(N2CC(C)OC(CO)C2)c1. The van der Waals surface area contributed by atoms with Gasteiger partial charge in [0.2, 0.25) is 0 Å². The van der Waals surface area contributed by atoms with E-state index in [9.17, 15) is 0 Å². The summed E-state index contributed by atoms with van der Waals surface area (Å²) >= 11 is 0. The lowest BCUT2D eigenvalue weighted by Crippen LogP contribution is -2.48. The predicted octanol–water partition coefficient (Wildman–Crippen LogP) is 0.976. The average molecular weight is 222 g/mol. The fraction of sp³-hybridized carbons (Fsp3) is 0.583. The van der Waals surface area contributed by atoms with Crippen LogP contribution in [0.15, 0.2) is 18.3 Å². The molecular weight excluding hydrogens is 204 g/mol. The van der Waals surface area contributed by atoms with Gasteiger partial charge < -0.3 is 14.7 Å². The normalized spacial score (nSPS) is 25.8. The van der Waals surface area contributed by atoms with E-state index in [0.717, 1.165) is 12.4 Å². The number of hydrogen-bond donors (Lipinski definition) is 1. The number of rotatable bonds is 2. The summed E-state index contributed by atoms with van der Waals surface area (Å²) in [6.07, 6.45) is 1.85. The summed E-state index contributed by atoms with van der Waals surface area (Å²) in [5, 5.41) is 9.16. The van der Waals surface area contributed by atoms with Crippen molar-refractivity contribution in [3.05, 3.63) is 23.9 Å². The molecule has 2 atom stereocenters. The number of aliphatic hydroxyl groups excluding tert-OH is 1. The van der Waals surface area contributed by atoms with Crippen LogP contribution in [0, 0.1) is 6.92 Å². The number of pyridine rings is 1. The smallest absolute Gasteiger partial charge is 0.128 e. The van der Waals surface area contributed by atoms with Crippen LogP contribution >= 0.6 is 0 Å². The molecule has 2 rings (SSSR count). The Morgan fingerprint density at radius 3 is 3.06 bits per heavy atom. The largest absolute Gasteiger partial charge is 0.394 e. The molecular formula is C12H18N2O2. The first-order valence-corrected chi connectivity index (χ1v) is 5.63. The van der Waals surface area contributed by atoms with Crippen LogP contribution in [-0.4, -0.2) is 42.0 Å². The fourth-order valence-corrected chi connectivity index (χ4v) is 2.03. The Morgan fingerprint density at radius 2 is 2.38 bits per heavy atom. The van der Waals surface area contributed by atoms with Gasteiger partial charge >= 0.3 is 0 Å². The Hall–Kier alpha value is -1.13. The topological polar surface area (TPSA) is 45.6 Å². The molecule has 1 aliphatic rings. The number of aliphatic hydroxyl groups is 1. The lowest BCUT2D eigenvalue weighted by atomic mass is 10.2. The third kappa shape index (κ3) is 2.51. The van der Waals surface area contributed by atoms with Crippen LogP contribution in [0.25, 0.3) is 0 Å². The molecule has 0 aliphatic carbocycles. The van der Waals surface area contributed by atoms with Gasteiger partial charge in [0.15, 0.2) is 0 Å². The van der Waals surface area contributed by atoms with Gasteiger partial charge in [-0.1, -0.05) is 0 Å². The molecule has 4 nitrogen and oxygen atoms in total. The molecule has 0 bridgehead atoms. The molecule has 1 aromatic rings. The summed E-state index contributed by atoms with van der Waals surface area (Å²) in [6.45, 7) is 5.67. The maximum Gasteiger partial charge on any atom is 0.128 e. The van der Waals surface area contributed by atoms with Crippen molar-refractivity contribution in [1.82, 2.24) is 4.98 Å². The molecule has 1 fully saturated rings. The van der Waals surface area contributed by atoms with E-state index in [0.29, 0.717) is 6.54 Å². The molecule has 0 aromatic carbocycles. The minimum Gasteiger partial charge on any atom is -0.394 e. The van der Waals surface area contributed by atoms with Crippen molar-refractivity contribution >= 4 is 5.82 Å². The number of ether oxygens (including phenoxy) is 1. The zero-order valence-electron chi connectivity index (χ0n) is 9.76. The van der Waals surface area contributed by atoms with E-state index in [4.69, 9.17) is 9.84 Å². The van der Waals surface area contributed by atoms with Crippen molar-refractivity contribution in [2.24, 2.45) is 0 Å². The Morgan fingerprint density at radius 1 is 1.56 bits per heavy atom.